The minimum Gasteiger partial charge on any atom is -0.375 e. The van der Waals surface area contributed by atoms with Crippen molar-refractivity contribution in [3.8, 4) is 6.07 Å². The van der Waals surface area contributed by atoms with Gasteiger partial charge in [0.15, 0.2) is 0 Å². The molecule has 1 amide bonds. The summed E-state index contributed by atoms with van der Waals surface area (Å²) in [6.07, 6.45) is 2.04. The van der Waals surface area contributed by atoms with Crippen molar-refractivity contribution in [3.63, 3.8) is 0 Å². The molecule has 2 fully saturated rings. The Bertz CT molecular complexity index is 647. The van der Waals surface area contributed by atoms with Crippen molar-refractivity contribution in [1.29, 1.82) is 5.26 Å². The van der Waals surface area contributed by atoms with E-state index in [2.05, 4.69) is 34.7 Å². The van der Waals surface area contributed by atoms with Gasteiger partial charge in [0.05, 0.1) is 24.7 Å². The topological polar surface area (TPSA) is 72.7 Å². The fourth-order valence-electron chi connectivity index (χ4n) is 3.48. The van der Waals surface area contributed by atoms with Gasteiger partial charge < -0.3 is 14.5 Å². The lowest BCUT2D eigenvalue weighted by Crippen LogP contribution is -2.51. The van der Waals surface area contributed by atoms with E-state index >= 15 is 0 Å². The second-order valence-electron chi connectivity index (χ2n) is 7.17. The van der Waals surface area contributed by atoms with Crippen molar-refractivity contribution in [2.75, 3.05) is 50.8 Å². The predicted molar refractivity (Wildman–Crippen MR) is 98.8 cm³/mol. The maximum absolute atomic E-state index is 12.6. The van der Waals surface area contributed by atoms with Gasteiger partial charge in [-0.2, -0.15) is 5.26 Å². The first kappa shape index (κ1) is 18.6. The van der Waals surface area contributed by atoms with Gasteiger partial charge in [0.2, 0.25) is 5.91 Å². The molecule has 0 aliphatic carbocycles. The van der Waals surface area contributed by atoms with E-state index in [9.17, 15) is 4.79 Å². The van der Waals surface area contributed by atoms with E-state index in [1.165, 1.54) is 0 Å². The number of rotatable bonds is 4. The summed E-state index contributed by atoms with van der Waals surface area (Å²) in [6, 6.07) is 6.21. The van der Waals surface area contributed by atoms with Crippen LogP contribution in [0.5, 0.6) is 0 Å². The van der Waals surface area contributed by atoms with Crippen molar-refractivity contribution in [2.24, 2.45) is 0 Å². The van der Waals surface area contributed by atoms with Gasteiger partial charge in [-0.25, -0.2) is 4.98 Å². The number of anilines is 1. The zero-order valence-electron chi connectivity index (χ0n) is 15.6. The van der Waals surface area contributed by atoms with Gasteiger partial charge in [0.25, 0.3) is 0 Å². The first-order chi connectivity index (χ1) is 12.6. The van der Waals surface area contributed by atoms with E-state index in [1.807, 2.05) is 11.0 Å². The van der Waals surface area contributed by atoms with Crippen LogP contribution in [0.3, 0.4) is 0 Å². The first-order valence-electron chi connectivity index (χ1n) is 9.31. The second-order valence-corrected chi connectivity index (χ2v) is 7.17. The fourth-order valence-corrected chi connectivity index (χ4v) is 3.48. The van der Waals surface area contributed by atoms with Gasteiger partial charge in [-0.05, 0) is 26.0 Å². The molecule has 0 spiro atoms. The summed E-state index contributed by atoms with van der Waals surface area (Å²) in [7, 11) is 0. The molecular formula is C19H27N5O2. The molecule has 0 saturated carbocycles. The highest BCUT2D eigenvalue weighted by molar-refractivity contribution is 5.77. The van der Waals surface area contributed by atoms with Crippen LogP contribution >= 0.6 is 0 Å². The van der Waals surface area contributed by atoms with Gasteiger partial charge in [0, 0.05) is 51.5 Å². The number of hydrogen-bond acceptors (Lipinski definition) is 6. The van der Waals surface area contributed by atoms with Crippen LogP contribution in [0.25, 0.3) is 0 Å². The number of ether oxygens (including phenoxy) is 1. The quantitative estimate of drug-likeness (QED) is 0.804. The molecule has 0 N–H and O–H groups in total. The van der Waals surface area contributed by atoms with E-state index in [0.29, 0.717) is 37.7 Å². The predicted octanol–water partition coefficient (Wildman–Crippen LogP) is 1.10. The Morgan fingerprint density at radius 1 is 1.31 bits per heavy atom. The van der Waals surface area contributed by atoms with Crippen LogP contribution < -0.4 is 4.90 Å². The van der Waals surface area contributed by atoms with Crippen LogP contribution in [0.1, 0.15) is 25.8 Å². The zero-order chi connectivity index (χ0) is 18.5. The number of morpholine rings is 1. The molecule has 2 saturated heterocycles. The van der Waals surface area contributed by atoms with Crippen LogP contribution in [-0.2, 0) is 9.53 Å². The van der Waals surface area contributed by atoms with Gasteiger partial charge in [0.1, 0.15) is 11.9 Å². The van der Waals surface area contributed by atoms with Crippen LogP contribution in [0.4, 0.5) is 5.82 Å². The molecule has 7 nitrogen and oxygen atoms in total. The third-order valence-electron chi connectivity index (χ3n) is 5.14. The number of amides is 1. The average Bonchev–Trinajstić information content (AvgIpc) is 2.68. The Morgan fingerprint density at radius 3 is 2.69 bits per heavy atom. The van der Waals surface area contributed by atoms with Gasteiger partial charge in [-0.3, -0.25) is 9.69 Å². The Hall–Kier alpha value is -2.17. The molecule has 2 aliphatic heterocycles. The van der Waals surface area contributed by atoms with Crippen LogP contribution in [-0.4, -0.2) is 78.7 Å². The fraction of sp³-hybridized carbons (Fsp3) is 0.632. The van der Waals surface area contributed by atoms with Crippen molar-refractivity contribution < 1.29 is 9.53 Å². The number of carbonyl (C=O) groups is 1. The number of pyridine rings is 1. The molecule has 1 unspecified atom stereocenters. The summed E-state index contributed by atoms with van der Waals surface area (Å²) in [6.45, 7) is 9.75. The molecular weight excluding hydrogens is 330 g/mol. The summed E-state index contributed by atoms with van der Waals surface area (Å²) in [5.74, 6) is 1.03. The molecule has 1 aromatic heterocycles. The number of hydrogen-bond donors (Lipinski definition) is 0. The monoisotopic (exact) mass is 357 g/mol. The summed E-state index contributed by atoms with van der Waals surface area (Å²) in [5.41, 5.74) is 0.561. The molecule has 3 rings (SSSR count). The normalized spacial score (nSPS) is 21.7. The maximum atomic E-state index is 12.6. The Labute approximate surface area is 155 Å². The minimum absolute atomic E-state index is 0.00290. The lowest BCUT2D eigenvalue weighted by molar-refractivity contribution is -0.136. The van der Waals surface area contributed by atoms with Gasteiger partial charge in [-0.15, -0.1) is 0 Å². The maximum Gasteiger partial charge on any atom is 0.225 e. The first-order valence-corrected chi connectivity index (χ1v) is 9.31. The zero-order valence-corrected chi connectivity index (χ0v) is 15.6. The molecule has 7 heteroatoms. The largest absolute Gasteiger partial charge is 0.375 e. The smallest absolute Gasteiger partial charge is 0.225 e. The molecule has 0 radical (unpaired) electrons. The summed E-state index contributed by atoms with van der Waals surface area (Å²) in [5, 5.41) is 8.85. The van der Waals surface area contributed by atoms with Crippen molar-refractivity contribution >= 4 is 11.7 Å². The van der Waals surface area contributed by atoms with Gasteiger partial charge >= 0.3 is 0 Å². The highest BCUT2D eigenvalue weighted by Gasteiger charge is 2.28. The Balaban J connectivity index is 1.48. The van der Waals surface area contributed by atoms with Crippen LogP contribution in [0, 0.1) is 11.3 Å². The molecule has 140 valence electrons. The molecule has 0 bridgehead atoms. The standard InChI is InChI=1S/C19H27N5O2/c1-15(2)24-9-10-26-17(14-24)11-19(25)23-7-5-22(6-8-23)18-4-3-16(12-20)13-21-18/h3-4,13,15,17H,5-11,14H2,1-2H3. The summed E-state index contributed by atoms with van der Waals surface area (Å²) >= 11 is 0. The van der Waals surface area contributed by atoms with E-state index in [4.69, 9.17) is 10.00 Å². The molecule has 3 heterocycles. The number of aromatic nitrogens is 1. The third-order valence-corrected chi connectivity index (χ3v) is 5.14. The van der Waals surface area contributed by atoms with E-state index in [1.54, 1.807) is 12.3 Å². The van der Waals surface area contributed by atoms with Crippen molar-refractivity contribution in [3.05, 3.63) is 23.9 Å². The molecule has 1 aromatic rings. The molecule has 2 aliphatic rings. The number of nitriles is 1. The van der Waals surface area contributed by atoms with Crippen LogP contribution in [0.15, 0.2) is 18.3 Å². The molecule has 0 aromatic carbocycles. The lowest BCUT2D eigenvalue weighted by atomic mass is 10.1. The molecule has 1 atom stereocenters. The number of carbonyl (C=O) groups excluding carboxylic acids is 1. The highest BCUT2D eigenvalue weighted by atomic mass is 16.5. The Morgan fingerprint density at radius 2 is 2.08 bits per heavy atom. The summed E-state index contributed by atoms with van der Waals surface area (Å²) in [4.78, 5) is 23.4. The SMILES string of the molecule is CC(C)N1CCOC(CC(=O)N2CCN(c3ccc(C#N)cn3)CC2)C1. The van der Waals surface area contributed by atoms with E-state index < -0.39 is 0 Å². The van der Waals surface area contributed by atoms with E-state index in [-0.39, 0.29) is 12.0 Å². The van der Waals surface area contributed by atoms with Gasteiger partial charge in [-0.1, -0.05) is 0 Å². The summed E-state index contributed by atoms with van der Waals surface area (Å²) < 4.78 is 5.80. The number of nitrogens with zero attached hydrogens (tertiary/aromatic N) is 5. The minimum atomic E-state index is -0.00290. The lowest BCUT2D eigenvalue weighted by Gasteiger charge is -2.38. The average molecular weight is 357 g/mol. The highest BCUT2D eigenvalue weighted by Crippen LogP contribution is 2.16. The second kappa shape index (κ2) is 8.47. The van der Waals surface area contributed by atoms with E-state index in [0.717, 1.165) is 32.0 Å². The van der Waals surface area contributed by atoms with Crippen molar-refractivity contribution in [1.82, 2.24) is 14.8 Å². The number of piperazine rings is 1. The molecule has 26 heavy (non-hydrogen) atoms. The van der Waals surface area contributed by atoms with Crippen LogP contribution in [0.2, 0.25) is 0 Å². The Kier molecular flexibility index (Phi) is 6.07. The van der Waals surface area contributed by atoms with Crippen molar-refractivity contribution in [2.45, 2.75) is 32.4 Å². The third kappa shape index (κ3) is 4.51.